The predicted octanol–water partition coefficient (Wildman–Crippen LogP) is 4.64. The summed E-state index contributed by atoms with van der Waals surface area (Å²) in [6.45, 7) is 7.49. The zero-order valence-corrected chi connectivity index (χ0v) is 12.6. The first-order chi connectivity index (χ1) is 10.7. The van der Waals surface area contributed by atoms with E-state index in [1.165, 1.54) is 0 Å². The number of halogens is 1. The van der Waals surface area contributed by atoms with Crippen LogP contribution >= 0.6 is 11.6 Å². The molecule has 3 rings (SSSR count). The molecule has 1 N–H and O–H groups in total. The van der Waals surface area contributed by atoms with E-state index in [9.17, 15) is 0 Å². The molecule has 108 valence electrons. The van der Waals surface area contributed by atoms with Crippen LogP contribution < -0.4 is 4.74 Å². The van der Waals surface area contributed by atoms with Gasteiger partial charge >= 0.3 is 0 Å². The van der Waals surface area contributed by atoms with Crippen LogP contribution in [0.5, 0.6) is 5.75 Å². The number of H-pyrrole nitrogens is 1. The van der Waals surface area contributed by atoms with Gasteiger partial charge in [-0.1, -0.05) is 11.6 Å². The number of hydrogen-bond acceptors (Lipinski definition) is 2. The number of aromatic nitrogens is 2. The van der Waals surface area contributed by atoms with E-state index in [-0.39, 0.29) is 0 Å². The van der Waals surface area contributed by atoms with Crippen molar-refractivity contribution < 1.29 is 4.74 Å². The van der Waals surface area contributed by atoms with Crippen LogP contribution in [0.2, 0.25) is 5.02 Å². The van der Waals surface area contributed by atoms with Crippen LogP contribution in [0, 0.1) is 6.57 Å². The van der Waals surface area contributed by atoms with Gasteiger partial charge < -0.3 is 9.72 Å². The highest BCUT2D eigenvalue weighted by atomic mass is 35.5. The quantitative estimate of drug-likeness (QED) is 0.716. The maximum absolute atomic E-state index is 7.49. The standard InChI is InChI=1S/C17H12ClN3O/c1-19-16(7-11-9-20-6-5-17(11)22-2)14-10-21-15-4-3-12(18)8-13(14)15/h3-10,21H,2H3/b16-7-. The summed E-state index contributed by atoms with van der Waals surface area (Å²) in [4.78, 5) is 10.9. The molecular formula is C17H12ClN3O. The minimum absolute atomic E-state index is 0.500. The number of hydrogen-bond donors (Lipinski definition) is 1. The van der Waals surface area contributed by atoms with Crippen LogP contribution in [0.15, 0.2) is 42.9 Å². The Balaban J connectivity index is 2.16. The number of nitrogens with one attached hydrogen (secondary N) is 1. The van der Waals surface area contributed by atoms with Gasteiger partial charge in [-0.3, -0.25) is 4.98 Å². The van der Waals surface area contributed by atoms with Gasteiger partial charge in [0.25, 0.3) is 0 Å². The third kappa shape index (κ3) is 2.54. The fourth-order valence-electron chi connectivity index (χ4n) is 2.31. The molecule has 0 radical (unpaired) electrons. The normalized spacial score (nSPS) is 11.4. The lowest BCUT2D eigenvalue weighted by Gasteiger charge is -2.04. The van der Waals surface area contributed by atoms with Crippen LogP contribution in [0.3, 0.4) is 0 Å². The van der Waals surface area contributed by atoms with Crippen molar-refractivity contribution in [2.24, 2.45) is 0 Å². The Morgan fingerprint density at radius 1 is 1.41 bits per heavy atom. The second-order valence-corrected chi connectivity index (χ2v) is 5.09. The number of benzene rings is 1. The first-order valence-corrected chi connectivity index (χ1v) is 6.95. The van der Waals surface area contributed by atoms with Gasteiger partial charge in [-0.15, -0.1) is 0 Å². The highest BCUT2D eigenvalue weighted by Gasteiger charge is 2.11. The van der Waals surface area contributed by atoms with Gasteiger partial charge in [0.15, 0.2) is 5.70 Å². The van der Waals surface area contributed by atoms with Crippen molar-refractivity contribution >= 4 is 34.3 Å². The largest absolute Gasteiger partial charge is 0.496 e. The molecule has 5 heteroatoms. The molecule has 0 bridgehead atoms. The maximum Gasteiger partial charge on any atom is 0.197 e. The summed E-state index contributed by atoms with van der Waals surface area (Å²) < 4.78 is 5.30. The molecule has 3 aromatic rings. The summed E-state index contributed by atoms with van der Waals surface area (Å²) in [5.74, 6) is 0.675. The number of fused-ring (bicyclic) bond motifs is 1. The number of rotatable bonds is 3. The van der Waals surface area contributed by atoms with Gasteiger partial charge in [-0.05, 0) is 41.9 Å². The molecule has 4 nitrogen and oxygen atoms in total. The smallest absolute Gasteiger partial charge is 0.197 e. The molecule has 0 saturated carbocycles. The molecule has 0 aliphatic heterocycles. The van der Waals surface area contributed by atoms with Crippen LogP contribution in [0.25, 0.3) is 27.5 Å². The Hall–Kier alpha value is -2.77. The van der Waals surface area contributed by atoms with Gasteiger partial charge in [0.1, 0.15) is 5.75 Å². The van der Waals surface area contributed by atoms with Crippen LogP contribution in [0.4, 0.5) is 0 Å². The van der Waals surface area contributed by atoms with Crippen LogP contribution in [-0.4, -0.2) is 17.1 Å². The molecule has 0 saturated heterocycles. The molecule has 0 aliphatic rings. The third-order valence-electron chi connectivity index (χ3n) is 3.36. The van der Waals surface area contributed by atoms with Crippen molar-refractivity contribution in [3.8, 4) is 5.75 Å². The predicted molar refractivity (Wildman–Crippen MR) is 88.6 cm³/mol. The second-order valence-electron chi connectivity index (χ2n) is 4.65. The summed E-state index contributed by atoms with van der Waals surface area (Å²) in [6, 6.07) is 7.32. The molecule has 2 heterocycles. The Bertz CT molecular complexity index is 906. The van der Waals surface area contributed by atoms with Gasteiger partial charge in [-0.2, -0.15) is 0 Å². The first kappa shape index (κ1) is 14.2. The number of nitrogens with zero attached hydrogens (tertiary/aromatic N) is 2. The number of methoxy groups -OCH3 is 1. The van der Waals surface area contributed by atoms with Crippen molar-refractivity contribution in [1.82, 2.24) is 9.97 Å². The lowest BCUT2D eigenvalue weighted by molar-refractivity contribution is 0.413. The van der Waals surface area contributed by atoms with Crippen molar-refractivity contribution in [2.75, 3.05) is 7.11 Å². The van der Waals surface area contributed by atoms with Gasteiger partial charge in [-0.25, -0.2) is 4.85 Å². The average Bonchev–Trinajstić information content (AvgIpc) is 2.95. The highest BCUT2D eigenvalue weighted by Crippen LogP contribution is 2.31. The lowest BCUT2D eigenvalue weighted by Crippen LogP contribution is -1.88. The Morgan fingerprint density at radius 2 is 2.27 bits per heavy atom. The summed E-state index contributed by atoms with van der Waals surface area (Å²) >= 11 is 6.06. The number of aromatic amines is 1. The molecule has 1 aromatic carbocycles. The monoisotopic (exact) mass is 309 g/mol. The first-order valence-electron chi connectivity index (χ1n) is 6.57. The fourth-order valence-corrected chi connectivity index (χ4v) is 2.48. The van der Waals surface area contributed by atoms with E-state index in [0.717, 1.165) is 22.0 Å². The molecule has 0 aliphatic carbocycles. The van der Waals surface area contributed by atoms with Gasteiger partial charge in [0, 0.05) is 34.1 Å². The molecular weight excluding hydrogens is 298 g/mol. The third-order valence-corrected chi connectivity index (χ3v) is 3.60. The van der Waals surface area contributed by atoms with Crippen molar-refractivity contribution in [3.63, 3.8) is 0 Å². The highest BCUT2D eigenvalue weighted by molar-refractivity contribution is 6.31. The number of pyridine rings is 1. The van der Waals surface area contributed by atoms with Gasteiger partial charge in [0.05, 0.1) is 13.7 Å². The SMILES string of the molecule is [C-]#[N+]/C(=C\c1cnccc1OC)c1c[nH]c2ccc(Cl)cc12. The summed E-state index contributed by atoms with van der Waals surface area (Å²) in [7, 11) is 1.59. The van der Waals surface area contributed by atoms with E-state index in [0.29, 0.717) is 16.5 Å². The van der Waals surface area contributed by atoms with Crippen LogP contribution in [-0.2, 0) is 0 Å². The molecule has 0 fully saturated rings. The van der Waals surface area contributed by atoms with E-state index in [1.54, 1.807) is 31.6 Å². The average molecular weight is 310 g/mol. The Morgan fingerprint density at radius 3 is 3.05 bits per heavy atom. The molecule has 0 amide bonds. The molecule has 0 atom stereocenters. The van der Waals surface area contributed by atoms with E-state index in [2.05, 4.69) is 14.8 Å². The van der Waals surface area contributed by atoms with E-state index >= 15 is 0 Å². The Labute approximate surface area is 132 Å². The minimum Gasteiger partial charge on any atom is -0.496 e. The summed E-state index contributed by atoms with van der Waals surface area (Å²) in [5, 5.41) is 1.55. The molecule has 22 heavy (non-hydrogen) atoms. The summed E-state index contributed by atoms with van der Waals surface area (Å²) in [5.41, 5.74) is 3.00. The zero-order chi connectivity index (χ0) is 15.5. The van der Waals surface area contributed by atoms with Crippen molar-refractivity contribution in [1.29, 1.82) is 0 Å². The fraction of sp³-hybridized carbons (Fsp3) is 0.0588. The maximum atomic E-state index is 7.49. The van der Waals surface area contributed by atoms with E-state index in [4.69, 9.17) is 22.9 Å². The second kappa shape index (κ2) is 5.92. The van der Waals surface area contributed by atoms with E-state index < -0.39 is 0 Å². The number of ether oxygens (including phenoxy) is 1. The topological polar surface area (TPSA) is 42.3 Å². The van der Waals surface area contributed by atoms with Crippen molar-refractivity contribution in [2.45, 2.75) is 0 Å². The zero-order valence-electron chi connectivity index (χ0n) is 11.8. The van der Waals surface area contributed by atoms with Crippen LogP contribution in [0.1, 0.15) is 11.1 Å². The lowest BCUT2D eigenvalue weighted by atomic mass is 10.1. The Kier molecular flexibility index (Phi) is 3.82. The van der Waals surface area contributed by atoms with Gasteiger partial charge in [0.2, 0.25) is 0 Å². The minimum atomic E-state index is 0.500. The molecule has 0 unspecified atom stereocenters. The summed E-state index contributed by atoms with van der Waals surface area (Å²) in [6.07, 6.45) is 6.90. The molecule has 2 aromatic heterocycles. The van der Waals surface area contributed by atoms with E-state index in [1.807, 2.05) is 24.4 Å². The molecule has 0 spiro atoms. The van der Waals surface area contributed by atoms with Crippen molar-refractivity contribution in [3.05, 3.63) is 70.4 Å².